The third kappa shape index (κ3) is 5.55. The summed E-state index contributed by atoms with van der Waals surface area (Å²) in [5.41, 5.74) is 1.69. The Morgan fingerprint density at radius 1 is 1.00 bits per heavy atom. The average Bonchev–Trinajstić information content (AvgIpc) is 2.36. The van der Waals surface area contributed by atoms with Crippen LogP contribution in [0, 0.1) is 11.8 Å². The third-order valence-corrected chi connectivity index (χ3v) is 4.65. The molecular formula is C18H25NaO4S. The molecule has 0 radical (unpaired) electrons. The topological polar surface area (TPSA) is 88.7 Å². The van der Waals surface area contributed by atoms with Gasteiger partial charge < -0.3 is 10.0 Å². The van der Waals surface area contributed by atoms with Gasteiger partial charge in [-0.1, -0.05) is 58.0 Å². The van der Waals surface area contributed by atoms with E-state index in [9.17, 15) is 13.0 Å². The van der Waals surface area contributed by atoms with Crippen LogP contribution in [-0.2, 0) is 23.0 Å². The smallest absolute Gasteiger partial charge is 0.744 e. The first-order chi connectivity index (χ1) is 10.2. The van der Waals surface area contributed by atoms with Crippen LogP contribution >= 0.6 is 0 Å². The van der Waals surface area contributed by atoms with Crippen molar-refractivity contribution in [1.82, 2.24) is 0 Å². The van der Waals surface area contributed by atoms with Crippen molar-refractivity contribution in [3.63, 3.8) is 0 Å². The zero-order valence-electron chi connectivity index (χ0n) is 15.1. The monoisotopic (exact) mass is 360 g/mol. The standard InChI is InChI=1S/C18H24O3S.Na.H2O/c1-12(2)9-15-11-14-7-5-6-8-16(14)18(22(19,20)21)17(15)10-13(3)4;;/h5-8,11-13H,9-10H2,1-4H3,(H,19,20,21);;1H2/q;+1;/p-1. The fourth-order valence-electron chi connectivity index (χ4n) is 2.95. The molecule has 6 heteroatoms. The second-order valence-electron chi connectivity index (χ2n) is 6.71. The quantitative estimate of drug-likeness (QED) is 0.568. The van der Waals surface area contributed by atoms with Gasteiger partial charge in [-0.15, -0.1) is 0 Å². The van der Waals surface area contributed by atoms with Crippen molar-refractivity contribution in [2.75, 3.05) is 0 Å². The van der Waals surface area contributed by atoms with E-state index in [1.807, 2.05) is 32.0 Å². The minimum Gasteiger partial charge on any atom is -0.744 e. The van der Waals surface area contributed by atoms with Crippen molar-refractivity contribution in [2.45, 2.75) is 45.4 Å². The number of hydrogen-bond acceptors (Lipinski definition) is 3. The van der Waals surface area contributed by atoms with Gasteiger partial charge in [-0.2, -0.15) is 0 Å². The maximum atomic E-state index is 11.9. The maximum absolute atomic E-state index is 11.9. The Balaban J connectivity index is 0.00000264. The fourth-order valence-corrected chi connectivity index (χ4v) is 3.92. The summed E-state index contributed by atoms with van der Waals surface area (Å²) in [5.74, 6) is 0.682. The Kier molecular flexibility index (Phi) is 9.15. The molecule has 0 aliphatic rings. The fraction of sp³-hybridized carbons (Fsp3) is 0.444. The molecule has 0 aliphatic carbocycles. The van der Waals surface area contributed by atoms with Gasteiger partial charge in [-0.05, 0) is 46.6 Å². The van der Waals surface area contributed by atoms with Crippen LogP contribution in [0.1, 0.15) is 38.8 Å². The molecular weight excluding hydrogens is 335 g/mol. The van der Waals surface area contributed by atoms with Gasteiger partial charge in [-0.3, -0.25) is 0 Å². The normalized spacial score (nSPS) is 11.5. The van der Waals surface area contributed by atoms with E-state index >= 15 is 0 Å². The summed E-state index contributed by atoms with van der Waals surface area (Å²) in [5, 5.41) is 1.36. The molecule has 0 aliphatic heterocycles. The van der Waals surface area contributed by atoms with E-state index in [2.05, 4.69) is 13.8 Å². The molecule has 4 nitrogen and oxygen atoms in total. The number of fused-ring (bicyclic) bond motifs is 1. The second kappa shape index (κ2) is 9.32. The van der Waals surface area contributed by atoms with Gasteiger partial charge in [0.25, 0.3) is 0 Å². The van der Waals surface area contributed by atoms with Crippen molar-refractivity contribution >= 4 is 20.9 Å². The summed E-state index contributed by atoms with van der Waals surface area (Å²) in [6.45, 7) is 8.27. The number of hydrogen-bond donors (Lipinski definition) is 0. The second-order valence-corrected chi connectivity index (χ2v) is 8.03. The minimum absolute atomic E-state index is 0. The van der Waals surface area contributed by atoms with E-state index in [4.69, 9.17) is 0 Å². The molecule has 0 saturated heterocycles. The van der Waals surface area contributed by atoms with Crippen molar-refractivity contribution in [3.05, 3.63) is 41.5 Å². The SMILES string of the molecule is CC(C)Cc1cc2ccccc2c(S(=O)(=O)[O-])c1CC(C)C.O.[Na+]. The van der Waals surface area contributed by atoms with E-state index < -0.39 is 10.1 Å². The summed E-state index contributed by atoms with van der Waals surface area (Å²) in [6.07, 6.45) is 1.37. The zero-order chi connectivity index (χ0) is 16.5. The van der Waals surface area contributed by atoms with E-state index in [0.29, 0.717) is 23.3 Å². The Morgan fingerprint density at radius 2 is 1.54 bits per heavy atom. The predicted octanol–water partition coefficient (Wildman–Crippen LogP) is 0.320. The first-order valence-electron chi connectivity index (χ1n) is 7.69. The van der Waals surface area contributed by atoms with E-state index in [1.165, 1.54) is 0 Å². The van der Waals surface area contributed by atoms with Crippen LogP contribution < -0.4 is 29.6 Å². The van der Waals surface area contributed by atoms with Crippen molar-refractivity contribution in [1.29, 1.82) is 0 Å². The molecule has 0 saturated carbocycles. The molecule has 0 amide bonds. The van der Waals surface area contributed by atoms with Gasteiger partial charge in [0.15, 0.2) is 0 Å². The van der Waals surface area contributed by atoms with Crippen LogP contribution in [0.3, 0.4) is 0 Å². The first kappa shape index (κ1) is 23.6. The van der Waals surface area contributed by atoms with E-state index in [-0.39, 0.29) is 45.8 Å². The van der Waals surface area contributed by atoms with Gasteiger partial charge >= 0.3 is 29.6 Å². The Bertz CT molecular complexity index is 783. The molecule has 0 heterocycles. The van der Waals surface area contributed by atoms with Crippen LogP contribution in [0.4, 0.5) is 0 Å². The number of rotatable bonds is 5. The summed E-state index contributed by atoms with van der Waals surface area (Å²) in [6, 6.07) is 9.28. The van der Waals surface area contributed by atoms with Gasteiger partial charge in [-0.25, -0.2) is 8.42 Å². The largest absolute Gasteiger partial charge is 1.00 e. The average molecular weight is 360 g/mol. The van der Waals surface area contributed by atoms with Crippen LogP contribution in [0.15, 0.2) is 35.2 Å². The molecule has 0 unspecified atom stereocenters. The van der Waals surface area contributed by atoms with Crippen molar-refractivity contribution < 1.29 is 48.0 Å². The molecule has 2 aromatic carbocycles. The molecule has 0 spiro atoms. The molecule has 0 fully saturated rings. The molecule has 0 atom stereocenters. The third-order valence-electron chi connectivity index (χ3n) is 3.69. The van der Waals surface area contributed by atoms with E-state index in [0.717, 1.165) is 17.4 Å². The van der Waals surface area contributed by atoms with E-state index in [1.54, 1.807) is 12.1 Å². The Hall–Kier alpha value is -0.430. The van der Waals surface area contributed by atoms with Crippen LogP contribution in [-0.4, -0.2) is 18.4 Å². The molecule has 2 aromatic rings. The molecule has 2 rings (SSSR count). The Labute approximate surface area is 167 Å². The molecule has 128 valence electrons. The zero-order valence-corrected chi connectivity index (χ0v) is 17.9. The maximum Gasteiger partial charge on any atom is 1.00 e. The summed E-state index contributed by atoms with van der Waals surface area (Å²) < 4.78 is 35.8. The molecule has 24 heavy (non-hydrogen) atoms. The van der Waals surface area contributed by atoms with Crippen LogP contribution in [0.5, 0.6) is 0 Å². The van der Waals surface area contributed by atoms with Crippen LogP contribution in [0.2, 0.25) is 0 Å². The van der Waals surface area contributed by atoms with Gasteiger partial charge in [0.1, 0.15) is 10.1 Å². The van der Waals surface area contributed by atoms with Crippen LogP contribution in [0.25, 0.3) is 10.8 Å². The summed E-state index contributed by atoms with van der Waals surface area (Å²) in [4.78, 5) is -0.0186. The molecule has 0 aromatic heterocycles. The predicted molar refractivity (Wildman–Crippen MR) is 92.6 cm³/mol. The van der Waals surface area contributed by atoms with Gasteiger partial charge in [0.05, 0.1) is 4.90 Å². The van der Waals surface area contributed by atoms with Gasteiger partial charge in [0, 0.05) is 0 Å². The first-order valence-corrected chi connectivity index (χ1v) is 9.10. The Morgan fingerprint density at radius 3 is 2.04 bits per heavy atom. The number of benzene rings is 2. The van der Waals surface area contributed by atoms with Crippen molar-refractivity contribution in [2.24, 2.45) is 11.8 Å². The summed E-state index contributed by atoms with van der Waals surface area (Å²) >= 11 is 0. The summed E-state index contributed by atoms with van der Waals surface area (Å²) in [7, 11) is -4.51. The molecule has 0 bridgehead atoms. The van der Waals surface area contributed by atoms with Crippen molar-refractivity contribution in [3.8, 4) is 0 Å². The van der Waals surface area contributed by atoms with Gasteiger partial charge in [0.2, 0.25) is 0 Å². The minimum atomic E-state index is -4.51. The molecule has 2 N–H and O–H groups in total.